The van der Waals surface area contributed by atoms with Gasteiger partial charge in [-0.2, -0.15) is 0 Å². The summed E-state index contributed by atoms with van der Waals surface area (Å²) >= 11 is 0. The van der Waals surface area contributed by atoms with Gasteiger partial charge in [-0.3, -0.25) is 9.59 Å². The molecule has 166 valence electrons. The Morgan fingerprint density at radius 3 is 2.41 bits per heavy atom. The molecule has 0 radical (unpaired) electrons. The van der Waals surface area contributed by atoms with E-state index in [0.717, 1.165) is 16.7 Å². The van der Waals surface area contributed by atoms with E-state index in [1.807, 2.05) is 24.3 Å². The lowest BCUT2D eigenvalue weighted by atomic mass is 9.66. The van der Waals surface area contributed by atoms with Gasteiger partial charge < -0.3 is 33.2 Å². The maximum atomic E-state index is 12.9. The molecule has 0 saturated carbocycles. The van der Waals surface area contributed by atoms with Crippen molar-refractivity contribution in [3.8, 4) is 28.7 Å². The van der Waals surface area contributed by atoms with Gasteiger partial charge in [0.1, 0.15) is 6.10 Å². The summed E-state index contributed by atoms with van der Waals surface area (Å²) in [5, 5.41) is 0. The number of carbonyl (C=O) groups is 2. The Balaban J connectivity index is 1.58. The minimum atomic E-state index is -0.638. The van der Waals surface area contributed by atoms with Crippen LogP contribution in [0.25, 0.3) is 0 Å². The predicted octanol–water partition coefficient (Wildman–Crippen LogP) is 2.69. The highest BCUT2D eigenvalue weighted by Crippen LogP contribution is 2.56. The summed E-state index contributed by atoms with van der Waals surface area (Å²) in [5.74, 6) is 0.680. The molecule has 2 aromatic carbocycles. The average Bonchev–Trinajstić information content (AvgIpc) is 3.51. The molecule has 1 fully saturated rings. The van der Waals surface area contributed by atoms with E-state index in [0.29, 0.717) is 28.7 Å². The van der Waals surface area contributed by atoms with E-state index in [-0.39, 0.29) is 32.1 Å². The lowest BCUT2D eigenvalue weighted by Gasteiger charge is -2.38. The van der Waals surface area contributed by atoms with Crippen molar-refractivity contribution in [3.63, 3.8) is 0 Å². The summed E-state index contributed by atoms with van der Waals surface area (Å²) in [7, 11) is 1.55. The zero-order chi connectivity index (χ0) is 22.0. The van der Waals surface area contributed by atoms with Crippen LogP contribution < -0.4 is 23.7 Å². The third-order valence-electron chi connectivity index (χ3n) is 6.45. The van der Waals surface area contributed by atoms with Crippen molar-refractivity contribution in [3.05, 3.63) is 41.0 Å². The van der Waals surface area contributed by atoms with Gasteiger partial charge in [0, 0.05) is 24.3 Å². The van der Waals surface area contributed by atoms with E-state index in [2.05, 4.69) is 0 Å². The normalized spacial score (nSPS) is 26.2. The molecule has 1 aliphatic carbocycles. The van der Waals surface area contributed by atoms with E-state index in [9.17, 15) is 9.59 Å². The standard InChI is InChI=1S/C23H20O9/c1-10(24)32-21-13-6-16-15(28-8-29-16)5-12(13)19(20-14(21)7-27-23(20)25)11-3-17(26-2)22-18(4-11)30-9-31-22/h3-6,14,19-21H,7-9H2,1-2H3/t14-,19+,20+,21-/m0/s1. The number of ether oxygens (including phenoxy) is 7. The molecule has 0 bridgehead atoms. The number of fused-ring (bicyclic) bond motifs is 4. The highest BCUT2D eigenvalue weighted by atomic mass is 16.7. The number of hydrogen-bond donors (Lipinski definition) is 0. The number of carbonyl (C=O) groups excluding carboxylic acids is 2. The minimum absolute atomic E-state index is 0.0949. The second-order valence-corrected chi connectivity index (χ2v) is 8.12. The lowest BCUT2D eigenvalue weighted by molar-refractivity contribution is -0.152. The third-order valence-corrected chi connectivity index (χ3v) is 6.45. The molecule has 0 N–H and O–H groups in total. The van der Waals surface area contributed by atoms with Crippen molar-refractivity contribution in [1.82, 2.24) is 0 Å². The number of methoxy groups -OCH3 is 1. The number of hydrogen-bond acceptors (Lipinski definition) is 9. The van der Waals surface area contributed by atoms with Crippen molar-refractivity contribution in [2.75, 3.05) is 27.3 Å². The summed E-state index contributed by atoms with van der Waals surface area (Å²) in [6.45, 7) is 1.72. The van der Waals surface area contributed by atoms with Crippen molar-refractivity contribution >= 4 is 11.9 Å². The monoisotopic (exact) mass is 440 g/mol. The number of cyclic esters (lactones) is 1. The Morgan fingerprint density at radius 2 is 1.66 bits per heavy atom. The molecule has 9 heteroatoms. The molecule has 0 amide bonds. The second kappa shape index (κ2) is 6.94. The zero-order valence-electron chi connectivity index (χ0n) is 17.4. The maximum absolute atomic E-state index is 12.9. The SMILES string of the molecule is COc1cc([C@@H]2c3cc4c(cc3[C@H](OC(C)=O)[C@H]3COC(=O)[C@@H]23)OCO4)cc2c1OCO2. The van der Waals surface area contributed by atoms with Gasteiger partial charge in [-0.15, -0.1) is 0 Å². The van der Waals surface area contributed by atoms with Gasteiger partial charge in [0.25, 0.3) is 0 Å². The maximum Gasteiger partial charge on any atom is 0.310 e. The molecule has 6 rings (SSSR count). The van der Waals surface area contributed by atoms with Gasteiger partial charge in [-0.1, -0.05) is 0 Å². The van der Waals surface area contributed by atoms with Gasteiger partial charge in [0.15, 0.2) is 23.0 Å². The van der Waals surface area contributed by atoms with Crippen LogP contribution >= 0.6 is 0 Å². The molecule has 0 unspecified atom stereocenters. The fourth-order valence-corrected chi connectivity index (χ4v) is 5.17. The van der Waals surface area contributed by atoms with Gasteiger partial charge >= 0.3 is 11.9 Å². The fraction of sp³-hybridized carbons (Fsp3) is 0.391. The van der Waals surface area contributed by atoms with Crippen LogP contribution in [0, 0.1) is 11.8 Å². The number of rotatable bonds is 3. The first-order chi connectivity index (χ1) is 15.5. The van der Waals surface area contributed by atoms with E-state index in [4.69, 9.17) is 33.2 Å². The molecule has 0 aromatic heterocycles. The van der Waals surface area contributed by atoms with Gasteiger partial charge in [0.05, 0.1) is 19.6 Å². The predicted molar refractivity (Wildman–Crippen MR) is 106 cm³/mol. The van der Waals surface area contributed by atoms with Gasteiger partial charge in [0.2, 0.25) is 19.3 Å². The van der Waals surface area contributed by atoms with Crippen LogP contribution in [0.5, 0.6) is 28.7 Å². The molecule has 2 aromatic rings. The smallest absolute Gasteiger partial charge is 0.310 e. The van der Waals surface area contributed by atoms with E-state index in [1.54, 1.807) is 7.11 Å². The van der Waals surface area contributed by atoms with Crippen LogP contribution in [0.4, 0.5) is 0 Å². The minimum Gasteiger partial charge on any atom is -0.493 e. The number of benzene rings is 2. The van der Waals surface area contributed by atoms with Crippen molar-refractivity contribution in [2.24, 2.45) is 11.8 Å². The van der Waals surface area contributed by atoms with Gasteiger partial charge in [-0.05, 0) is 35.4 Å². The van der Waals surface area contributed by atoms with Gasteiger partial charge in [-0.25, -0.2) is 0 Å². The summed E-state index contributed by atoms with van der Waals surface area (Å²) in [6, 6.07) is 7.40. The van der Waals surface area contributed by atoms with E-state index < -0.39 is 23.9 Å². The summed E-state index contributed by atoms with van der Waals surface area (Å²) in [6.07, 6.45) is -0.638. The largest absolute Gasteiger partial charge is 0.493 e. The van der Waals surface area contributed by atoms with Crippen LogP contribution in [0.2, 0.25) is 0 Å². The number of esters is 2. The molecule has 0 spiro atoms. The fourth-order valence-electron chi connectivity index (χ4n) is 5.17. The van der Waals surface area contributed by atoms with Crippen LogP contribution in [-0.4, -0.2) is 39.2 Å². The topological polar surface area (TPSA) is 98.8 Å². The molecule has 3 heterocycles. The van der Waals surface area contributed by atoms with Crippen molar-refractivity contribution in [1.29, 1.82) is 0 Å². The van der Waals surface area contributed by atoms with E-state index in [1.165, 1.54) is 6.92 Å². The van der Waals surface area contributed by atoms with Crippen LogP contribution in [0.1, 0.15) is 35.6 Å². The Morgan fingerprint density at radius 1 is 0.938 bits per heavy atom. The van der Waals surface area contributed by atoms with E-state index >= 15 is 0 Å². The van der Waals surface area contributed by atoms with Crippen molar-refractivity contribution < 1.29 is 42.7 Å². The van der Waals surface area contributed by atoms with Crippen LogP contribution in [-0.2, 0) is 19.1 Å². The molecular weight excluding hydrogens is 420 g/mol. The average molecular weight is 440 g/mol. The van der Waals surface area contributed by atoms with Crippen molar-refractivity contribution in [2.45, 2.75) is 18.9 Å². The first kappa shape index (κ1) is 19.1. The quantitative estimate of drug-likeness (QED) is 0.667. The zero-order valence-corrected chi connectivity index (χ0v) is 17.4. The molecule has 3 aliphatic heterocycles. The Labute approximate surface area is 183 Å². The third kappa shape index (κ3) is 2.70. The molecule has 9 nitrogen and oxygen atoms in total. The highest BCUT2D eigenvalue weighted by Gasteiger charge is 2.54. The Kier molecular flexibility index (Phi) is 4.14. The molecule has 4 atom stereocenters. The van der Waals surface area contributed by atoms with Crippen LogP contribution in [0.3, 0.4) is 0 Å². The molecule has 4 aliphatic rings. The first-order valence-electron chi connectivity index (χ1n) is 10.3. The second-order valence-electron chi connectivity index (χ2n) is 8.12. The van der Waals surface area contributed by atoms with Crippen LogP contribution in [0.15, 0.2) is 24.3 Å². The Bertz CT molecular complexity index is 1140. The first-order valence-corrected chi connectivity index (χ1v) is 10.3. The molecular formula is C23H20O9. The summed E-state index contributed by atoms with van der Waals surface area (Å²) in [5.41, 5.74) is 2.38. The summed E-state index contributed by atoms with van der Waals surface area (Å²) < 4.78 is 39.0. The lowest BCUT2D eigenvalue weighted by Crippen LogP contribution is -2.36. The Hall–Kier alpha value is -3.62. The molecule has 1 saturated heterocycles. The summed E-state index contributed by atoms with van der Waals surface area (Å²) in [4.78, 5) is 24.9. The molecule has 32 heavy (non-hydrogen) atoms. The highest BCUT2D eigenvalue weighted by molar-refractivity contribution is 5.79.